The lowest BCUT2D eigenvalue weighted by Gasteiger charge is -2.12. The van der Waals surface area contributed by atoms with Crippen molar-refractivity contribution in [1.29, 1.82) is 0 Å². The van der Waals surface area contributed by atoms with Gasteiger partial charge < -0.3 is 20.3 Å². The molecule has 1 rings (SSSR count). The van der Waals surface area contributed by atoms with Crippen molar-refractivity contribution in [3.05, 3.63) is 23.8 Å². The molecule has 19 heavy (non-hydrogen) atoms. The highest BCUT2D eigenvalue weighted by molar-refractivity contribution is 5.92. The molecule has 0 heterocycles. The number of carbonyl (C=O) groups is 2. The number of carbonyl (C=O) groups excluding carboxylic acids is 1. The summed E-state index contributed by atoms with van der Waals surface area (Å²) in [5, 5.41) is 8.82. The van der Waals surface area contributed by atoms with Gasteiger partial charge in [0.2, 0.25) is 0 Å². The number of ether oxygens (including phenoxy) is 2. The molecule has 0 saturated heterocycles. The zero-order chi connectivity index (χ0) is 14.4. The summed E-state index contributed by atoms with van der Waals surface area (Å²) >= 11 is 0. The third-order valence-electron chi connectivity index (χ3n) is 2.44. The summed E-state index contributed by atoms with van der Waals surface area (Å²) in [6, 6.07) is 4.44. The van der Waals surface area contributed by atoms with Crippen LogP contribution in [-0.4, -0.2) is 29.8 Å². The minimum absolute atomic E-state index is 0.195. The molecule has 0 fully saturated rings. The Morgan fingerprint density at radius 2 is 2.05 bits per heavy atom. The van der Waals surface area contributed by atoms with E-state index in [1.165, 1.54) is 12.1 Å². The van der Waals surface area contributed by atoms with Gasteiger partial charge in [-0.15, -0.1) is 0 Å². The van der Waals surface area contributed by atoms with Gasteiger partial charge in [-0.05, 0) is 31.5 Å². The highest BCUT2D eigenvalue weighted by Crippen LogP contribution is 2.23. The van der Waals surface area contributed by atoms with E-state index in [9.17, 15) is 9.59 Å². The first-order valence-corrected chi connectivity index (χ1v) is 5.95. The third kappa shape index (κ3) is 3.87. The molecule has 0 amide bonds. The minimum Gasteiger partial charge on any atom is -0.492 e. The summed E-state index contributed by atoms with van der Waals surface area (Å²) in [6.45, 7) is 3.91. The molecule has 0 aromatic heterocycles. The van der Waals surface area contributed by atoms with Gasteiger partial charge in [-0.1, -0.05) is 6.92 Å². The first-order chi connectivity index (χ1) is 8.99. The van der Waals surface area contributed by atoms with Crippen molar-refractivity contribution < 1.29 is 24.2 Å². The van der Waals surface area contributed by atoms with Crippen LogP contribution < -0.4 is 10.5 Å². The van der Waals surface area contributed by atoms with E-state index in [4.69, 9.17) is 20.3 Å². The normalized spacial score (nSPS) is 11.7. The van der Waals surface area contributed by atoms with Crippen LogP contribution in [0.4, 0.5) is 5.69 Å². The number of hydrogen-bond donors (Lipinski definition) is 2. The molecule has 6 nitrogen and oxygen atoms in total. The van der Waals surface area contributed by atoms with Crippen LogP contribution in [0, 0.1) is 0 Å². The lowest BCUT2D eigenvalue weighted by molar-refractivity contribution is -0.147. The molecule has 0 spiro atoms. The van der Waals surface area contributed by atoms with Gasteiger partial charge in [0.25, 0.3) is 0 Å². The molecule has 3 N–H and O–H groups in total. The summed E-state index contributed by atoms with van der Waals surface area (Å²) in [6.07, 6.45) is -0.951. The SMILES string of the molecule is CCOc1ccc(C(=O)OC(CC)C(=O)O)cc1N. The Morgan fingerprint density at radius 3 is 2.53 bits per heavy atom. The number of carboxylic acid groups (broad SMARTS) is 1. The number of hydrogen-bond acceptors (Lipinski definition) is 5. The van der Waals surface area contributed by atoms with Crippen LogP contribution in [0.25, 0.3) is 0 Å². The zero-order valence-electron chi connectivity index (χ0n) is 10.9. The van der Waals surface area contributed by atoms with Crippen molar-refractivity contribution in [3.63, 3.8) is 0 Å². The summed E-state index contributed by atoms with van der Waals surface area (Å²) in [7, 11) is 0. The van der Waals surface area contributed by atoms with E-state index in [0.717, 1.165) is 0 Å². The fourth-order valence-corrected chi connectivity index (χ4v) is 1.47. The maximum Gasteiger partial charge on any atom is 0.345 e. The van der Waals surface area contributed by atoms with Crippen LogP contribution in [0.1, 0.15) is 30.6 Å². The Kier molecular flexibility index (Phi) is 5.17. The second kappa shape index (κ2) is 6.63. The summed E-state index contributed by atoms with van der Waals surface area (Å²) in [4.78, 5) is 22.5. The smallest absolute Gasteiger partial charge is 0.345 e. The van der Waals surface area contributed by atoms with Crippen molar-refractivity contribution >= 4 is 17.6 Å². The molecule has 1 aromatic rings. The minimum atomic E-state index is -1.17. The number of aliphatic carboxylic acids is 1. The number of rotatable bonds is 6. The highest BCUT2D eigenvalue weighted by Gasteiger charge is 2.21. The zero-order valence-corrected chi connectivity index (χ0v) is 10.9. The average molecular weight is 267 g/mol. The Bertz CT molecular complexity index is 472. The molecule has 0 saturated carbocycles. The molecule has 104 valence electrons. The monoisotopic (exact) mass is 267 g/mol. The van der Waals surface area contributed by atoms with Gasteiger partial charge in [0.05, 0.1) is 17.9 Å². The fourth-order valence-electron chi connectivity index (χ4n) is 1.47. The first-order valence-electron chi connectivity index (χ1n) is 5.95. The Hall–Kier alpha value is -2.24. The number of benzene rings is 1. The summed E-state index contributed by atoms with van der Waals surface area (Å²) in [5.74, 6) is -1.41. The van der Waals surface area contributed by atoms with Gasteiger partial charge >= 0.3 is 11.9 Å². The number of nitrogens with two attached hydrogens (primary N) is 1. The summed E-state index contributed by atoms with van der Waals surface area (Å²) in [5.41, 5.74) is 6.22. The van der Waals surface area contributed by atoms with E-state index in [2.05, 4.69) is 0 Å². The lowest BCUT2D eigenvalue weighted by Crippen LogP contribution is -2.26. The van der Waals surface area contributed by atoms with E-state index in [-0.39, 0.29) is 12.0 Å². The summed E-state index contributed by atoms with van der Waals surface area (Å²) < 4.78 is 10.1. The number of nitrogen functional groups attached to an aromatic ring is 1. The average Bonchev–Trinajstić information content (AvgIpc) is 2.37. The quantitative estimate of drug-likeness (QED) is 0.601. The predicted molar refractivity (Wildman–Crippen MR) is 69.2 cm³/mol. The van der Waals surface area contributed by atoms with Crippen molar-refractivity contribution in [1.82, 2.24) is 0 Å². The third-order valence-corrected chi connectivity index (χ3v) is 2.44. The predicted octanol–water partition coefficient (Wildman–Crippen LogP) is 1.69. The van der Waals surface area contributed by atoms with Crippen LogP contribution in [0.2, 0.25) is 0 Å². The second-order valence-corrected chi connectivity index (χ2v) is 3.83. The molecule has 0 aliphatic rings. The van der Waals surface area contributed by atoms with Crippen LogP contribution in [0.15, 0.2) is 18.2 Å². The molecule has 0 radical (unpaired) electrons. The molecule has 0 aliphatic carbocycles. The van der Waals surface area contributed by atoms with Gasteiger partial charge in [0.15, 0.2) is 6.10 Å². The molecular weight excluding hydrogens is 250 g/mol. The fraction of sp³-hybridized carbons (Fsp3) is 0.385. The molecule has 1 aromatic carbocycles. The van der Waals surface area contributed by atoms with Crippen molar-refractivity contribution in [2.24, 2.45) is 0 Å². The van der Waals surface area contributed by atoms with E-state index < -0.39 is 18.0 Å². The van der Waals surface area contributed by atoms with Crippen molar-refractivity contribution in [2.45, 2.75) is 26.4 Å². The van der Waals surface area contributed by atoms with Crippen LogP contribution in [0.3, 0.4) is 0 Å². The largest absolute Gasteiger partial charge is 0.492 e. The maximum absolute atomic E-state index is 11.8. The number of anilines is 1. The van der Waals surface area contributed by atoms with E-state index >= 15 is 0 Å². The standard InChI is InChI=1S/C13H17NO5/c1-3-10(12(15)16)19-13(17)8-5-6-11(18-4-2)9(14)7-8/h5-7,10H,3-4,14H2,1-2H3,(H,15,16). The molecule has 0 aliphatic heterocycles. The van der Waals surface area contributed by atoms with Gasteiger partial charge in [0, 0.05) is 0 Å². The van der Waals surface area contributed by atoms with E-state index in [1.807, 2.05) is 6.92 Å². The van der Waals surface area contributed by atoms with Crippen LogP contribution in [-0.2, 0) is 9.53 Å². The van der Waals surface area contributed by atoms with Gasteiger partial charge in [0.1, 0.15) is 5.75 Å². The Morgan fingerprint density at radius 1 is 1.37 bits per heavy atom. The Labute approximate surface area is 111 Å². The Balaban J connectivity index is 2.83. The van der Waals surface area contributed by atoms with Gasteiger partial charge in [-0.25, -0.2) is 9.59 Å². The second-order valence-electron chi connectivity index (χ2n) is 3.83. The topological polar surface area (TPSA) is 98.8 Å². The van der Waals surface area contributed by atoms with Gasteiger partial charge in [-0.3, -0.25) is 0 Å². The number of carboxylic acids is 1. The molecule has 0 bridgehead atoms. The van der Waals surface area contributed by atoms with E-state index in [1.54, 1.807) is 13.0 Å². The first kappa shape index (κ1) is 14.8. The van der Waals surface area contributed by atoms with Crippen molar-refractivity contribution in [3.8, 4) is 5.75 Å². The molecule has 1 atom stereocenters. The van der Waals surface area contributed by atoms with Crippen LogP contribution in [0.5, 0.6) is 5.75 Å². The lowest BCUT2D eigenvalue weighted by atomic mass is 10.2. The molecule has 6 heteroatoms. The van der Waals surface area contributed by atoms with E-state index in [0.29, 0.717) is 18.0 Å². The van der Waals surface area contributed by atoms with Crippen molar-refractivity contribution in [2.75, 3.05) is 12.3 Å². The maximum atomic E-state index is 11.8. The molecule has 1 unspecified atom stereocenters. The highest BCUT2D eigenvalue weighted by atomic mass is 16.6. The van der Waals surface area contributed by atoms with Gasteiger partial charge in [-0.2, -0.15) is 0 Å². The molecular formula is C13H17NO5. The van der Waals surface area contributed by atoms with Crippen LogP contribution >= 0.6 is 0 Å². The number of esters is 1.